The summed E-state index contributed by atoms with van der Waals surface area (Å²) in [7, 11) is 0. The molecule has 0 saturated heterocycles. The average Bonchev–Trinajstić information content (AvgIpc) is 2.69. The van der Waals surface area contributed by atoms with Crippen molar-refractivity contribution in [3.63, 3.8) is 0 Å². The lowest BCUT2D eigenvalue weighted by atomic mass is 10.6. The molecule has 0 atom stereocenters. The number of hydrogen-bond acceptors (Lipinski definition) is 5. The molecule has 0 aromatic heterocycles. The fourth-order valence-corrected chi connectivity index (χ4v) is 0. The predicted molar refractivity (Wildman–Crippen MR) is 153 cm³/mol. The second-order valence-corrected chi connectivity index (χ2v) is 7.27. The van der Waals surface area contributed by atoms with E-state index in [-0.39, 0.29) is 0 Å². The van der Waals surface area contributed by atoms with Crippen molar-refractivity contribution in [2.45, 2.75) is 107 Å². The molecule has 0 amide bonds. The van der Waals surface area contributed by atoms with Crippen LogP contribution < -0.4 is 0 Å². The Kier molecular flexibility index (Phi) is 166. The topological polar surface area (TPSA) is 0 Å². The SMILES string of the molecule is CCC.CCC.CCCS.CCCS.CCCS.CCCS.CCCS. The van der Waals surface area contributed by atoms with Gasteiger partial charge in [-0.25, -0.2) is 0 Å². The summed E-state index contributed by atoms with van der Waals surface area (Å²) in [6.45, 7) is 19.0. The van der Waals surface area contributed by atoms with E-state index in [4.69, 9.17) is 0 Å². The highest BCUT2D eigenvalue weighted by Gasteiger charge is 1.58. The van der Waals surface area contributed by atoms with Crippen molar-refractivity contribution in [2.75, 3.05) is 28.8 Å². The fraction of sp³-hybridized carbons (Fsp3) is 1.00. The van der Waals surface area contributed by atoms with E-state index >= 15 is 0 Å². The maximum atomic E-state index is 3.92. The molecule has 0 aliphatic rings. The molecule has 0 heterocycles. The van der Waals surface area contributed by atoms with Crippen molar-refractivity contribution in [1.82, 2.24) is 0 Å². The van der Waals surface area contributed by atoms with Gasteiger partial charge in [0.05, 0.1) is 0 Å². The van der Waals surface area contributed by atoms with Crippen molar-refractivity contribution in [3.05, 3.63) is 0 Å². The molecule has 26 heavy (non-hydrogen) atoms. The fourth-order valence-electron chi connectivity index (χ4n) is 0. The third-order valence-electron chi connectivity index (χ3n) is 1.12. The highest BCUT2D eigenvalue weighted by molar-refractivity contribution is 7.80. The highest BCUT2D eigenvalue weighted by Crippen LogP contribution is 1.76. The van der Waals surface area contributed by atoms with E-state index in [0.29, 0.717) is 0 Å². The molecule has 0 nitrogen and oxygen atoms in total. The van der Waals surface area contributed by atoms with Gasteiger partial charge >= 0.3 is 0 Å². The Labute approximate surface area is 198 Å². The second kappa shape index (κ2) is 93.8. The molecule has 0 bridgehead atoms. The van der Waals surface area contributed by atoms with Gasteiger partial charge in [-0.3, -0.25) is 0 Å². The Morgan fingerprint density at radius 1 is 0.308 bits per heavy atom. The summed E-state index contributed by atoms with van der Waals surface area (Å²) in [5.41, 5.74) is 0. The number of rotatable bonds is 5. The molecule has 170 valence electrons. The summed E-state index contributed by atoms with van der Waals surface area (Å²) < 4.78 is 0. The van der Waals surface area contributed by atoms with Crippen LogP contribution in [0.15, 0.2) is 0 Å². The summed E-state index contributed by atoms with van der Waals surface area (Å²) in [4.78, 5) is 0. The molecule has 0 aliphatic heterocycles. The Bertz CT molecular complexity index is 69.2. The van der Waals surface area contributed by atoms with Gasteiger partial charge in [0.2, 0.25) is 0 Å². The van der Waals surface area contributed by atoms with Crippen molar-refractivity contribution in [1.29, 1.82) is 0 Å². The van der Waals surface area contributed by atoms with Crippen molar-refractivity contribution < 1.29 is 0 Å². The lowest BCUT2D eigenvalue weighted by molar-refractivity contribution is 1.09. The predicted octanol–water partition coefficient (Wildman–Crippen LogP) is 9.46. The molecule has 0 fully saturated rings. The van der Waals surface area contributed by atoms with E-state index in [1.807, 2.05) is 0 Å². The molecular weight excluding hydrogens is 413 g/mol. The van der Waals surface area contributed by atoms with Gasteiger partial charge in [-0.1, -0.05) is 75.2 Å². The van der Waals surface area contributed by atoms with Crippen LogP contribution in [-0.4, -0.2) is 28.8 Å². The molecule has 0 N–H and O–H groups in total. The minimum absolute atomic E-state index is 1.01. The Hall–Kier alpha value is 1.75. The molecule has 0 aromatic rings. The van der Waals surface area contributed by atoms with Crippen LogP contribution in [0.1, 0.15) is 107 Å². The average molecular weight is 469 g/mol. The van der Waals surface area contributed by atoms with E-state index in [1.54, 1.807) is 0 Å². The van der Waals surface area contributed by atoms with Crippen LogP contribution in [-0.2, 0) is 0 Å². The zero-order chi connectivity index (χ0) is 22.5. The van der Waals surface area contributed by atoms with Gasteiger partial charge in [0.15, 0.2) is 0 Å². The van der Waals surface area contributed by atoms with E-state index in [2.05, 4.69) is 125 Å². The van der Waals surface area contributed by atoms with E-state index in [0.717, 1.165) is 28.8 Å². The van der Waals surface area contributed by atoms with Crippen LogP contribution in [0.4, 0.5) is 0 Å². The van der Waals surface area contributed by atoms with E-state index < -0.39 is 0 Å². The molecular formula is C21H56S5. The molecule has 0 rings (SSSR count). The first-order valence-electron chi connectivity index (χ1n) is 10.4. The molecule has 5 heteroatoms. The Balaban J connectivity index is -0.0000000325. The van der Waals surface area contributed by atoms with E-state index in [1.165, 1.54) is 44.9 Å². The molecule has 0 aromatic carbocycles. The summed E-state index contributed by atoms with van der Waals surface area (Å²) in [6.07, 6.45) is 8.42. The molecule has 0 saturated carbocycles. The van der Waals surface area contributed by atoms with Gasteiger partial charge in [0, 0.05) is 0 Å². The zero-order valence-corrected chi connectivity index (χ0v) is 24.2. The first kappa shape index (κ1) is 46.1. The standard InChI is InChI=1S/5C3H8S.2C3H8/c5*1-2-3-4;2*1-3-2/h5*4H,2-3H2,1H3;2*3H2,1-2H3. The summed E-state index contributed by atoms with van der Waals surface area (Å²) in [5, 5.41) is 0. The maximum Gasteiger partial charge on any atom is -0.0101 e. The van der Waals surface area contributed by atoms with Crippen LogP contribution in [0.2, 0.25) is 0 Å². The lowest BCUT2D eigenvalue weighted by Crippen LogP contribution is -1.56. The quantitative estimate of drug-likeness (QED) is 0.244. The summed E-state index contributed by atoms with van der Waals surface area (Å²) in [6, 6.07) is 0. The minimum Gasteiger partial charge on any atom is -0.179 e. The first-order valence-corrected chi connectivity index (χ1v) is 13.6. The minimum atomic E-state index is 1.01. The van der Waals surface area contributed by atoms with Crippen molar-refractivity contribution in [3.8, 4) is 0 Å². The van der Waals surface area contributed by atoms with Crippen molar-refractivity contribution >= 4 is 63.1 Å². The molecule has 0 spiro atoms. The molecule has 0 radical (unpaired) electrons. The van der Waals surface area contributed by atoms with E-state index in [9.17, 15) is 0 Å². The van der Waals surface area contributed by atoms with Crippen LogP contribution in [0, 0.1) is 0 Å². The van der Waals surface area contributed by atoms with Crippen molar-refractivity contribution in [2.24, 2.45) is 0 Å². The van der Waals surface area contributed by atoms with Crippen LogP contribution in [0.3, 0.4) is 0 Å². The smallest absolute Gasteiger partial charge is 0.0101 e. The Morgan fingerprint density at radius 3 is 0.346 bits per heavy atom. The number of thiol groups is 5. The van der Waals surface area contributed by atoms with Gasteiger partial charge in [0.25, 0.3) is 0 Å². The monoisotopic (exact) mass is 468 g/mol. The van der Waals surface area contributed by atoms with Gasteiger partial charge in [-0.05, 0) is 60.9 Å². The van der Waals surface area contributed by atoms with Gasteiger partial charge in [-0.15, -0.1) is 0 Å². The van der Waals surface area contributed by atoms with Crippen LogP contribution in [0.25, 0.3) is 0 Å². The van der Waals surface area contributed by atoms with Gasteiger partial charge in [-0.2, -0.15) is 63.1 Å². The Morgan fingerprint density at radius 2 is 0.346 bits per heavy atom. The molecule has 0 unspecified atom stereocenters. The second-order valence-electron chi connectivity index (χ2n) is 5.03. The lowest BCUT2D eigenvalue weighted by Gasteiger charge is -1.67. The summed E-state index contributed by atoms with van der Waals surface area (Å²) in [5.74, 6) is 5.07. The van der Waals surface area contributed by atoms with Crippen LogP contribution in [0.5, 0.6) is 0 Å². The van der Waals surface area contributed by atoms with Gasteiger partial charge in [0.1, 0.15) is 0 Å². The normalized spacial score (nSPS) is 7.15. The van der Waals surface area contributed by atoms with Gasteiger partial charge < -0.3 is 0 Å². The number of hydrogen-bond donors (Lipinski definition) is 5. The highest BCUT2D eigenvalue weighted by atomic mass is 32.1. The maximum absolute atomic E-state index is 3.92. The third kappa shape index (κ3) is 346. The van der Waals surface area contributed by atoms with Crippen LogP contribution >= 0.6 is 63.1 Å². The molecule has 0 aliphatic carbocycles. The first-order chi connectivity index (χ1) is 12.4. The largest absolute Gasteiger partial charge is 0.179 e. The summed E-state index contributed by atoms with van der Waals surface area (Å²) >= 11 is 19.6. The zero-order valence-electron chi connectivity index (χ0n) is 19.7. The third-order valence-corrected chi connectivity index (χ3v) is 3.35.